The summed E-state index contributed by atoms with van der Waals surface area (Å²) >= 11 is 0. The van der Waals surface area contributed by atoms with Crippen LogP contribution < -0.4 is 5.32 Å². The van der Waals surface area contributed by atoms with Crippen LogP contribution in [0.5, 0.6) is 0 Å². The van der Waals surface area contributed by atoms with Gasteiger partial charge in [0.15, 0.2) is 0 Å². The van der Waals surface area contributed by atoms with Crippen molar-refractivity contribution in [3.63, 3.8) is 0 Å². The molecule has 0 aromatic rings. The van der Waals surface area contributed by atoms with E-state index in [1.807, 2.05) is 0 Å². The van der Waals surface area contributed by atoms with Gasteiger partial charge >= 0.3 is 0 Å². The van der Waals surface area contributed by atoms with Gasteiger partial charge in [0.05, 0.1) is 13.2 Å². The molecule has 1 rings (SSSR count). The first kappa shape index (κ1) is 13.9. The van der Waals surface area contributed by atoms with Crippen LogP contribution in [-0.4, -0.2) is 49.3 Å². The maximum Gasteiger partial charge on any atom is 0.0594 e. The number of nitrogens with zero attached hydrogens (tertiary/aromatic N) is 1. The number of hydrogen-bond acceptors (Lipinski definition) is 3. The Morgan fingerprint density at radius 1 is 1.12 bits per heavy atom. The molecule has 0 saturated heterocycles. The molecule has 1 aliphatic rings. The van der Waals surface area contributed by atoms with E-state index in [0.717, 1.165) is 32.3 Å². The summed E-state index contributed by atoms with van der Waals surface area (Å²) in [6.45, 7) is 12.7. The first-order chi connectivity index (χ1) is 7.61. The molecule has 16 heavy (non-hydrogen) atoms. The van der Waals surface area contributed by atoms with Crippen molar-refractivity contribution in [1.82, 2.24) is 10.2 Å². The first-order valence-corrected chi connectivity index (χ1v) is 6.68. The Balaban J connectivity index is 1.94. The van der Waals surface area contributed by atoms with E-state index >= 15 is 0 Å². The lowest BCUT2D eigenvalue weighted by atomic mass is 10.2. The molecule has 1 N–H and O–H groups in total. The fraction of sp³-hybridized carbons (Fsp3) is 1.00. The number of ether oxygens (including phenoxy) is 1. The van der Waals surface area contributed by atoms with E-state index in [9.17, 15) is 0 Å². The third-order valence-corrected chi connectivity index (χ3v) is 3.08. The monoisotopic (exact) mass is 228 g/mol. The second kappa shape index (κ2) is 7.25. The van der Waals surface area contributed by atoms with Gasteiger partial charge in [-0.15, -0.1) is 0 Å². The molecule has 0 atom stereocenters. The van der Waals surface area contributed by atoms with Gasteiger partial charge < -0.3 is 10.1 Å². The molecule has 1 fully saturated rings. The van der Waals surface area contributed by atoms with E-state index in [1.165, 1.54) is 12.8 Å². The second-order valence-corrected chi connectivity index (χ2v) is 5.27. The number of hydrogen-bond donors (Lipinski definition) is 1. The van der Waals surface area contributed by atoms with Crippen molar-refractivity contribution in [2.24, 2.45) is 0 Å². The van der Waals surface area contributed by atoms with Gasteiger partial charge in [0.25, 0.3) is 0 Å². The van der Waals surface area contributed by atoms with Crippen LogP contribution >= 0.6 is 0 Å². The largest absolute Gasteiger partial charge is 0.379 e. The highest BCUT2D eigenvalue weighted by Crippen LogP contribution is 2.17. The van der Waals surface area contributed by atoms with Crippen LogP contribution in [0, 0.1) is 0 Å². The maximum atomic E-state index is 5.64. The summed E-state index contributed by atoms with van der Waals surface area (Å²) in [5.41, 5.74) is 0. The Morgan fingerprint density at radius 3 is 2.25 bits per heavy atom. The highest BCUT2D eigenvalue weighted by Gasteiger charge is 2.19. The van der Waals surface area contributed by atoms with Crippen LogP contribution in [0.4, 0.5) is 0 Å². The minimum absolute atomic E-state index is 0.605. The molecule has 0 aromatic carbocycles. The zero-order valence-corrected chi connectivity index (χ0v) is 11.3. The Labute approximate surface area is 101 Å². The Bertz CT molecular complexity index is 171. The zero-order chi connectivity index (χ0) is 12.0. The van der Waals surface area contributed by atoms with Crippen molar-refractivity contribution in [3.05, 3.63) is 0 Å². The van der Waals surface area contributed by atoms with Crippen LogP contribution in [0.25, 0.3) is 0 Å². The number of rotatable bonds is 9. The molecule has 3 heteroatoms. The molecular weight excluding hydrogens is 200 g/mol. The molecule has 96 valence electrons. The van der Waals surface area contributed by atoms with Crippen molar-refractivity contribution in [2.75, 3.05) is 26.3 Å². The summed E-state index contributed by atoms with van der Waals surface area (Å²) in [5, 5.41) is 3.45. The lowest BCUT2D eigenvalue weighted by molar-refractivity contribution is 0.0796. The summed E-state index contributed by atoms with van der Waals surface area (Å²) < 4.78 is 5.64. The number of nitrogens with one attached hydrogen (secondary N) is 1. The Morgan fingerprint density at radius 2 is 1.75 bits per heavy atom. The molecular formula is C13H28N2O. The predicted octanol–water partition coefficient (Wildman–Crippen LogP) is 1.87. The average molecular weight is 228 g/mol. The third-order valence-electron chi connectivity index (χ3n) is 3.08. The SMILES string of the molecule is CC(C)N(CCOCCNC1CC1)C(C)C. The summed E-state index contributed by atoms with van der Waals surface area (Å²) in [7, 11) is 0. The van der Waals surface area contributed by atoms with Crippen molar-refractivity contribution >= 4 is 0 Å². The van der Waals surface area contributed by atoms with Crippen molar-refractivity contribution < 1.29 is 4.74 Å². The van der Waals surface area contributed by atoms with Crippen LogP contribution in [0.3, 0.4) is 0 Å². The van der Waals surface area contributed by atoms with Gasteiger partial charge in [0.1, 0.15) is 0 Å². The fourth-order valence-electron chi connectivity index (χ4n) is 2.01. The smallest absolute Gasteiger partial charge is 0.0594 e. The quantitative estimate of drug-likeness (QED) is 0.610. The second-order valence-electron chi connectivity index (χ2n) is 5.27. The first-order valence-electron chi connectivity index (χ1n) is 6.68. The van der Waals surface area contributed by atoms with Crippen molar-refractivity contribution in [1.29, 1.82) is 0 Å². The summed E-state index contributed by atoms with van der Waals surface area (Å²) in [6, 6.07) is 2.01. The molecule has 0 aromatic heterocycles. The van der Waals surface area contributed by atoms with Crippen LogP contribution in [0.2, 0.25) is 0 Å². The lowest BCUT2D eigenvalue weighted by Crippen LogP contribution is -2.39. The summed E-state index contributed by atoms with van der Waals surface area (Å²) in [6.07, 6.45) is 2.71. The predicted molar refractivity (Wildman–Crippen MR) is 68.8 cm³/mol. The van der Waals surface area contributed by atoms with Gasteiger partial charge in [0, 0.05) is 31.2 Å². The Hall–Kier alpha value is -0.120. The molecule has 1 aliphatic carbocycles. The minimum atomic E-state index is 0.605. The normalized spacial score (nSPS) is 16.7. The standard InChI is InChI=1S/C13H28N2O/c1-11(2)15(12(3)4)8-10-16-9-7-14-13-5-6-13/h11-14H,5-10H2,1-4H3. The van der Waals surface area contributed by atoms with E-state index in [-0.39, 0.29) is 0 Å². The highest BCUT2D eigenvalue weighted by atomic mass is 16.5. The molecule has 0 radical (unpaired) electrons. The fourth-order valence-corrected chi connectivity index (χ4v) is 2.01. The molecule has 0 heterocycles. The van der Waals surface area contributed by atoms with E-state index < -0.39 is 0 Å². The van der Waals surface area contributed by atoms with Crippen LogP contribution in [0.1, 0.15) is 40.5 Å². The minimum Gasteiger partial charge on any atom is -0.379 e. The molecule has 3 nitrogen and oxygen atoms in total. The highest BCUT2D eigenvalue weighted by molar-refractivity contribution is 4.80. The van der Waals surface area contributed by atoms with E-state index in [1.54, 1.807) is 0 Å². The molecule has 1 saturated carbocycles. The van der Waals surface area contributed by atoms with Gasteiger partial charge in [-0.3, -0.25) is 4.90 Å². The van der Waals surface area contributed by atoms with Crippen LogP contribution in [0.15, 0.2) is 0 Å². The van der Waals surface area contributed by atoms with E-state index in [2.05, 4.69) is 37.9 Å². The van der Waals surface area contributed by atoms with Gasteiger partial charge in [-0.05, 0) is 40.5 Å². The Kier molecular flexibility index (Phi) is 6.32. The third kappa shape index (κ3) is 5.83. The van der Waals surface area contributed by atoms with Crippen LogP contribution in [-0.2, 0) is 4.74 Å². The summed E-state index contributed by atoms with van der Waals surface area (Å²) in [5.74, 6) is 0. The van der Waals surface area contributed by atoms with Gasteiger partial charge in [-0.1, -0.05) is 0 Å². The molecule has 0 unspecified atom stereocenters. The zero-order valence-electron chi connectivity index (χ0n) is 11.3. The van der Waals surface area contributed by atoms with Crippen molar-refractivity contribution in [3.8, 4) is 0 Å². The van der Waals surface area contributed by atoms with E-state index in [0.29, 0.717) is 12.1 Å². The molecule has 0 spiro atoms. The topological polar surface area (TPSA) is 24.5 Å². The molecule has 0 bridgehead atoms. The van der Waals surface area contributed by atoms with Gasteiger partial charge in [-0.25, -0.2) is 0 Å². The summed E-state index contributed by atoms with van der Waals surface area (Å²) in [4.78, 5) is 2.47. The molecule has 0 amide bonds. The van der Waals surface area contributed by atoms with Gasteiger partial charge in [-0.2, -0.15) is 0 Å². The van der Waals surface area contributed by atoms with Gasteiger partial charge in [0.2, 0.25) is 0 Å². The molecule has 0 aliphatic heterocycles. The average Bonchev–Trinajstić information content (AvgIpc) is 2.99. The maximum absolute atomic E-state index is 5.64. The van der Waals surface area contributed by atoms with Crippen molar-refractivity contribution in [2.45, 2.75) is 58.7 Å². The van der Waals surface area contributed by atoms with E-state index in [4.69, 9.17) is 4.74 Å². The lowest BCUT2D eigenvalue weighted by Gasteiger charge is -2.30.